The predicted octanol–water partition coefficient (Wildman–Crippen LogP) is 2.89. The van der Waals surface area contributed by atoms with E-state index < -0.39 is 6.61 Å². The van der Waals surface area contributed by atoms with Crippen LogP contribution in [0.25, 0.3) is 0 Å². The number of carbonyl (C=O) groups is 1. The minimum atomic E-state index is -2.84. The lowest BCUT2D eigenvalue weighted by atomic mass is 10.0. The lowest BCUT2D eigenvalue weighted by molar-refractivity contribution is -0.678. The van der Waals surface area contributed by atoms with Gasteiger partial charge in [-0.1, -0.05) is 42.5 Å². The molecular weight excluding hydrogens is 378 g/mol. The molecule has 3 rings (SSSR count). The van der Waals surface area contributed by atoms with E-state index in [9.17, 15) is 13.6 Å². The Morgan fingerprint density at radius 1 is 1.03 bits per heavy atom. The number of quaternary nitrogens is 1. The number of hydrogen-bond acceptors (Lipinski definition) is 3. The average Bonchev–Trinajstić information content (AvgIpc) is 3.24. The van der Waals surface area contributed by atoms with Gasteiger partial charge in [-0.15, -0.1) is 0 Å². The topological polar surface area (TPSA) is 68.1 Å². The Hall–Kier alpha value is -3.19. The molecule has 1 heterocycles. The number of hydrogen-bond donors (Lipinski definition) is 2. The van der Waals surface area contributed by atoms with Crippen LogP contribution in [0.1, 0.15) is 22.9 Å². The number of rotatable bonds is 10. The van der Waals surface area contributed by atoms with E-state index in [4.69, 9.17) is 4.42 Å². The monoisotopic (exact) mass is 401 g/mol. The SMILES string of the molecule is O=C(C[NH2+][C@H](c1ccccc1)c1ccco1)NCCc1ccc(OC(F)F)cc1. The largest absolute Gasteiger partial charge is 0.463 e. The van der Waals surface area contributed by atoms with Gasteiger partial charge < -0.3 is 19.8 Å². The Morgan fingerprint density at radius 2 is 1.79 bits per heavy atom. The molecule has 1 aromatic heterocycles. The molecule has 0 spiro atoms. The van der Waals surface area contributed by atoms with Crippen molar-refractivity contribution in [3.8, 4) is 5.75 Å². The van der Waals surface area contributed by atoms with Crippen molar-refractivity contribution in [3.05, 3.63) is 89.9 Å². The minimum absolute atomic E-state index is 0.0878. The molecule has 0 bridgehead atoms. The average molecular weight is 401 g/mol. The molecule has 0 saturated heterocycles. The number of amides is 1. The Morgan fingerprint density at radius 3 is 2.45 bits per heavy atom. The summed E-state index contributed by atoms with van der Waals surface area (Å²) < 4.78 is 34.2. The van der Waals surface area contributed by atoms with Crippen molar-refractivity contribution < 1.29 is 28.0 Å². The molecule has 3 N–H and O–H groups in total. The van der Waals surface area contributed by atoms with Crippen molar-refractivity contribution in [1.29, 1.82) is 0 Å². The number of nitrogens with two attached hydrogens (primary N) is 1. The lowest BCUT2D eigenvalue weighted by Gasteiger charge is -2.14. The lowest BCUT2D eigenvalue weighted by Crippen LogP contribution is -2.87. The van der Waals surface area contributed by atoms with E-state index in [-0.39, 0.29) is 24.2 Å². The third-order valence-corrected chi connectivity index (χ3v) is 4.43. The van der Waals surface area contributed by atoms with Crippen LogP contribution in [-0.2, 0) is 11.2 Å². The van der Waals surface area contributed by atoms with Gasteiger partial charge in [0.1, 0.15) is 5.75 Å². The quantitative estimate of drug-likeness (QED) is 0.549. The van der Waals surface area contributed by atoms with Gasteiger partial charge in [-0.05, 0) is 36.2 Å². The maximum absolute atomic E-state index is 12.2. The zero-order chi connectivity index (χ0) is 20.5. The summed E-state index contributed by atoms with van der Waals surface area (Å²) in [6.45, 7) is -2.13. The molecule has 5 nitrogen and oxygen atoms in total. The van der Waals surface area contributed by atoms with Crippen molar-refractivity contribution in [3.63, 3.8) is 0 Å². The number of halogens is 2. The zero-order valence-electron chi connectivity index (χ0n) is 15.8. The fourth-order valence-corrected chi connectivity index (χ4v) is 3.03. The fraction of sp³-hybridized carbons (Fsp3) is 0.227. The number of furan rings is 1. The molecule has 152 valence electrons. The second kappa shape index (κ2) is 10.4. The summed E-state index contributed by atoms with van der Waals surface area (Å²) in [4.78, 5) is 12.2. The van der Waals surface area contributed by atoms with E-state index in [0.29, 0.717) is 13.0 Å². The van der Waals surface area contributed by atoms with Crippen LogP contribution in [0.15, 0.2) is 77.4 Å². The minimum Gasteiger partial charge on any atom is -0.463 e. The molecule has 0 unspecified atom stereocenters. The Bertz CT molecular complexity index is 869. The maximum Gasteiger partial charge on any atom is 0.387 e. The smallest absolute Gasteiger partial charge is 0.387 e. The first-order valence-corrected chi connectivity index (χ1v) is 9.34. The van der Waals surface area contributed by atoms with Gasteiger partial charge in [0.25, 0.3) is 5.91 Å². The molecule has 0 radical (unpaired) electrons. The van der Waals surface area contributed by atoms with E-state index in [1.54, 1.807) is 18.4 Å². The summed E-state index contributed by atoms with van der Waals surface area (Å²) in [6.07, 6.45) is 2.22. The van der Waals surface area contributed by atoms with Crippen LogP contribution < -0.4 is 15.4 Å². The van der Waals surface area contributed by atoms with Gasteiger partial charge in [-0.3, -0.25) is 4.79 Å². The Kier molecular flexibility index (Phi) is 7.35. The van der Waals surface area contributed by atoms with Crippen LogP contribution in [0.2, 0.25) is 0 Å². The van der Waals surface area contributed by atoms with Crippen molar-refractivity contribution in [2.24, 2.45) is 0 Å². The van der Waals surface area contributed by atoms with Crippen LogP contribution in [0.4, 0.5) is 8.78 Å². The standard InChI is InChI=1S/C22H22F2N2O3/c23-22(24)29-18-10-8-16(9-11-18)12-13-25-20(27)15-26-21(19-7-4-14-28-19)17-5-2-1-3-6-17/h1-11,14,21-22,26H,12-13,15H2,(H,25,27)/p+1/t21-/m1/s1. The number of nitrogens with one attached hydrogen (secondary N) is 1. The highest BCUT2D eigenvalue weighted by Gasteiger charge is 2.21. The molecule has 3 aromatic rings. The number of ether oxygens (including phenoxy) is 1. The maximum atomic E-state index is 12.2. The Balaban J connectivity index is 1.46. The fourth-order valence-electron chi connectivity index (χ4n) is 3.03. The summed E-state index contributed by atoms with van der Waals surface area (Å²) in [7, 11) is 0. The van der Waals surface area contributed by atoms with Crippen LogP contribution in [0.3, 0.4) is 0 Å². The highest BCUT2D eigenvalue weighted by atomic mass is 19.3. The molecule has 1 amide bonds. The summed E-state index contributed by atoms with van der Waals surface area (Å²) in [5.41, 5.74) is 1.98. The highest BCUT2D eigenvalue weighted by molar-refractivity contribution is 5.76. The molecule has 0 aliphatic heterocycles. The first-order valence-electron chi connectivity index (χ1n) is 9.34. The Labute approximate surface area is 167 Å². The molecular formula is C22H23F2N2O3+. The first kappa shape index (κ1) is 20.5. The summed E-state index contributed by atoms with van der Waals surface area (Å²) in [5, 5.41) is 4.81. The van der Waals surface area contributed by atoms with E-state index in [0.717, 1.165) is 16.9 Å². The van der Waals surface area contributed by atoms with Crippen molar-refractivity contribution in [1.82, 2.24) is 5.32 Å². The molecule has 1 atom stereocenters. The van der Waals surface area contributed by atoms with E-state index >= 15 is 0 Å². The van der Waals surface area contributed by atoms with Gasteiger partial charge in [-0.2, -0.15) is 8.78 Å². The summed E-state index contributed by atoms with van der Waals surface area (Å²) >= 11 is 0. The molecule has 29 heavy (non-hydrogen) atoms. The third kappa shape index (κ3) is 6.43. The van der Waals surface area contributed by atoms with Crippen LogP contribution in [0.5, 0.6) is 5.75 Å². The normalized spacial score (nSPS) is 12.0. The van der Waals surface area contributed by atoms with Gasteiger partial charge >= 0.3 is 6.61 Å². The van der Waals surface area contributed by atoms with Gasteiger partial charge in [0.2, 0.25) is 0 Å². The van der Waals surface area contributed by atoms with Gasteiger partial charge in [0.05, 0.1) is 6.26 Å². The summed E-state index contributed by atoms with van der Waals surface area (Å²) in [6, 6.07) is 19.9. The predicted molar refractivity (Wildman–Crippen MR) is 104 cm³/mol. The van der Waals surface area contributed by atoms with E-state index in [1.165, 1.54) is 12.1 Å². The molecule has 2 aromatic carbocycles. The third-order valence-electron chi connectivity index (χ3n) is 4.43. The van der Waals surface area contributed by atoms with Gasteiger partial charge in [0.15, 0.2) is 18.3 Å². The second-order valence-corrected chi connectivity index (χ2v) is 6.47. The van der Waals surface area contributed by atoms with Crippen molar-refractivity contribution in [2.75, 3.05) is 13.1 Å². The van der Waals surface area contributed by atoms with Crippen LogP contribution in [0, 0.1) is 0 Å². The first-order chi connectivity index (χ1) is 14.1. The van der Waals surface area contributed by atoms with Gasteiger partial charge in [0, 0.05) is 12.1 Å². The molecule has 0 saturated carbocycles. The summed E-state index contributed by atoms with van der Waals surface area (Å²) in [5.74, 6) is 0.817. The van der Waals surface area contributed by atoms with E-state index in [2.05, 4.69) is 10.1 Å². The molecule has 0 fully saturated rings. The zero-order valence-corrected chi connectivity index (χ0v) is 15.8. The molecule has 7 heteroatoms. The highest BCUT2D eigenvalue weighted by Crippen LogP contribution is 2.18. The number of alkyl halides is 2. The van der Waals surface area contributed by atoms with Crippen molar-refractivity contribution in [2.45, 2.75) is 19.1 Å². The van der Waals surface area contributed by atoms with Crippen LogP contribution >= 0.6 is 0 Å². The molecule has 0 aliphatic carbocycles. The number of carbonyl (C=O) groups excluding carboxylic acids is 1. The number of benzene rings is 2. The van der Waals surface area contributed by atoms with E-state index in [1.807, 2.05) is 47.8 Å². The second-order valence-electron chi connectivity index (χ2n) is 6.47. The van der Waals surface area contributed by atoms with Crippen LogP contribution in [-0.4, -0.2) is 25.6 Å². The van der Waals surface area contributed by atoms with Gasteiger partial charge in [-0.25, -0.2) is 0 Å². The molecule has 0 aliphatic rings. The van der Waals surface area contributed by atoms with Crippen molar-refractivity contribution >= 4 is 5.91 Å².